The fraction of sp³-hybridized carbons (Fsp3) is 0.667. The molecule has 3 atom stereocenters. The monoisotopic (exact) mass is 714 g/mol. The molecule has 6 nitrogen and oxygen atoms in total. The summed E-state index contributed by atoms with van der Waals surface area (Å²) in [6.45, 7) is 0. The Balaban J connectivity index is 4.86. The van der Waals surface area contributed by atoms with Gasteiger partial charge in [-0.2, -0.15) is 0 Å². The van der Waals surface area contributed by atoms with E-state index < -0.39 is 47.5 Å². The van der Waals surface area contributed by atoms with Crippen molar-refractivity contribution in [3.05, 3.63) is 0 Å². The van der Waals surface area contributed by atoms with Gasteiger partial charge in [0.2, 0.25) is 0 Å². The maximum Gasteiger partial charge on any atom is 1.20 e. The summed E-state index contributed by atoms with van der Waals surface area (Å²) < 4.78 is 15.0. The lowest BCUT2D eigenvalue weighted by atomic mass is 10.5. The first-order valence-corrected chi connectivity index (χ1v) is 13.0. The van der Waals surface area contributed by atoms with Crippen LogP contribution in [0.5, 0.6) is 0 Å². The zero-order valence-corrected chi connectivity index (χ0v) is 21.3. The summed E-state index contributed by atoms with van der Waals surface area (Å²) in [7, 11) is 0. The Hall–Kier alpha value is 1.82. The van der Waals surface area contributed by atoms with E-state index in [1.54, 1.807) is 0 Å². The van der Waals surface area contributed by atoms with Crippen molar-refractivity contribution < 1.29 is 25.7 Å². The third-order valence-corrected chi connectivity index (χ3v) is 9.73. The van der Waals surface area contributed by atoms with E-state index in [-0.39, 0.29) is 0 Å². The highest BCUT2D eigenvalue weighted by atomic mass is 79.9. The number of halogens is 6. The SMILES string of the molecule is O=C([O][Al]([O]C(=O)C(Br)CBr)[O]C(=O)C(Br)CBr)C(Br)CBr. The average molecular weight is 720 g/mol. The highest BCUT2D eigenvalue weighted by Crippen LogP contribution is 2.13. The Morgan fingerprint density at radius 1 is 0.682 bits per heavy atom. The number of alkyl halides is 6. The van der Waals surface area contributed by atoms with Crippen molar-refractivity contribution in [2.45, 2.75) is 14.5 Å². The van der Waals surface area contributed by atoms with E-state index in [9.17, 15) is 14.4 Å². The molecule has 3 unspecified atom stereocenters. The predicted octanol–water partition coefficient (Wildman–Crippen LogP) is 3.08. The fourth-order valence-electron chi connectivity index (χ4n) is 0.767. The van der Waals surface area contributed by atoms with Crippen LogP contribution in [0.3, 0.4) is 0 Å². The number of carbonyl (C=O) groups excluding carboxylic acids is 3. The molecule has 126 valence electrons. The summed E-state index contributed by atoms with van der Waals surface area (Å²) in [6.07, 6.45) is 0. The standard InChI is InChI=1S/3C3H4Br2O2.Al/c3*4-1-2(5)3(6)7;/h3*2H,1H2,(H,6,7);/q;;;+3/p-3. The topological polar surface area (TPSA) is 78.9 Å². The first-order chi connectivity index (χ1) is 10.3. The molecule has 0 aromatic rings. The van der Waals surface area contributed by atoms with Gasteiger partial charge in [0, 0.05) is 16.0 Å². The van der Waals surface area contributed by atoms with Gasteiger partial charge < -0.3 is 11.4 Å². The van der Waals surface area contributed by atoms with E-state index in [4.69, 9.17) is 11.4 Å². The molecule has 13 heteroatoms. The van der Waals surface area contributed by atoms with Gasteiger partial charge in [0.25, 0.3) is 17.9 Å². The van der Waals surface area contributed by atoms with Gasteiger partial charge in [0.05, 0.1) is 0 Å². The summed E-state index contributed by atoms with van der Waals surface area (Å²) in [5, 5.41) is 0.874. The third-order valence-electron chi connectivity index (χ3n) is 1.81. The van der Waals surface area contributed by atoms with Gasteiger partial charge in [0.15, 0.2) is 0 Å². The van der Waals surface area contributed by atoms with Crippen LogP contribution >= 0.6 is 95.6 Å². The van der Waals surface area contributed by atoms with Crippen LogP contribution in [0.1, 0.15) is 0 Å². The number of carbonyl (C=O) groups is 3. The molecule has 0 amide bonds. The molecular weight excluding hydrogens is 710 g/mol. The molecule has 0 aromatic carbocycles. The molecule has 0 fully saturated rings. The zero-order valence-electron chi connectivity index (χ0n) is 10.6. The van der Waals surface area contributed by atoms with E-state index in [0.29, 0.717) is 16.0 Å². The minimum Gasteiger partial charge on any atom is -0.550 e. The van der Waals surface area contributed by atoms with Gasteiger partial charge >= 0.3 is 15.1 Å². The van der Waals surface area contributed by atoms with Gasteiger partial charge in [-0.1, -0.05) is 95.6 Å². The fourth-order valence-corrected chi connectivity index (χ4v) is 3.69. The lowest BCUT2D eigenvalue weighted by molar-refractivity contribution is -0.146. The van der Waals surface area contributed by atoms with E-state index in [1.165, 1.54) is 0 Å². The van der Waals surface area contributed by atoms with E-state index in [1.807, 2.05) is 0 Å². The largest absolute Gasteiger partial charge is 1.20 e. The van der Waals surface area contributed by atoms with Crippen molar-refractivity contribution in [3.8, 4) is 0 Å². The second-order valence-corrected chi connectivity index (χ2v) is 10.0. The van der Waals surface area contributed by atoms with Gasteiger partial charge in [-0.3, -0.25) is 14.4 Å². The Morgan fingerprint density at radius 2 is 0.909 bits per heavy atom. The predicted molar refractivity (Wildman–Crippen MR) is 104 cm³/mol. The lowest BCUT2D eigenvalue weighted by Crippen LogP contribution is -2.40. The molecular formula is C9H9AlBr6O6. The van der Waals surface area contributed by atoms with Crippen molar-refractivity contribution in [1.82, 2.24) is 0 Å². The van der Waals surface area contributed by atoms with Gasteiger partial charge in [-0.05, 0) is 0 Å². The Kier molecular flexibility index (Phi) is 14.2. The van der Waals surface area contributed by atoms with Gasteiger partial charge in [-0.15, -0.1) is 0 Å². The third kappa shape index (κ3) is 9.34. The molecule has 0 N–H and O–H groups in total. The van der Waals surface area contributed by atoms with Crippen LogP contribution < -0.4 is 0 Å². The molecule has 0 aliphatic carbocycles. The maximum absolute atomic E-state index is 11.7. The molecule has 22 heavy (non-hydrogen) atoms. The number of rotatable bonds is 9. The molecule has 0 aliphatic rings. The first-order valence-electron chi connectivity index (χ1n) is 5.48. The molecule has 0 rings (SSSR count). The summed E-state index contributed by atoms with van der Waals surface area (Å²) in [5.41, 5.74) is 0. The molecule has 0 radical (unpaired) electrons. The highest BCUT2D eigenvalue weighted by molar-refractivity contribution is 9.13. The van der Waals surface area contributed by atoms with Crippen LogP contribution in [-0.4, -0.2) is 63.5 Å². The molecule has 0 bridgehead atoms. The van der Waals surface area contributed by atoms with Crippen molar-refractivity contribution in [3.63, 3.8) is 0 Å². The van der Waals surface area contributed by atoms with Crippen molar-refractivity contribution in [2.75, 3.05) is 16.0 Å². The smallest absolute Gasteiger partial charge is 0.550 e. The van der Waals surface area contributed by atoms with Crippen LogP contribution in [0.4, 0.5) is 0 Å². The first kappa shape index (κ1) is 23.8. The van der Waals surface area contributed by atoms with Crippen molar-refractivity contribution in [1.29, 1.82) is 0 Å². The molecule has 0 spiro atoms. The van der Waals surface area contributed by atoms with Crippen LogP contribution in [0.15, 0.2) is 0 Å². The highest BCUT2D eigenvalue weighted by Gasteiger charge is 2.51. The molecule has 0 heterocycles. The van der Waals surface area contributed by atoms with E-state index in [2.05, 4.69) is 95.6 Å². The van der Waals surface area contributed by atoms with E-state index in [0.717, 1.165) is 0 Å². The number of hydrogen-bond donors (Lipinski definition) is 0. The zero-order chi connectivity index (χ0) is 17.3. The van der Waals surface area contributed by atoms with Crippen LogP contribution in [-0.2, 0) is 25.7 Å². The average Bonchev–Trinajstić information content (AvgIpc) is 2.51. The number of hydrogen-bond acceptors (Lipinski definition) is 6. The summed E-state index contributed by atoms with van der Waals surface area (Å²) in [4.78, 5) is 33.3. The second-order valence-electron chi connectivity index (χ2n) is 3.46. The van der Waals surface area contributed by atoms with Crippen LogP contribution in [0.25, 0.3) is 0 Å². The lowest BCUT2D eigenvalue weighted by Gasteiger charge is -2.17. The second kappa shape index (κ2) is 13.1. The van der Waals surface area contributed by atoms with Gasteiger partial charge in [0.1, 0.15) is 14.5 Å². The van der Waals surface area contributed by atoms with E-state index >= 15 is 0 Å². The quantitative estimate of drug-likeness (QED) is 0.270. The Bertz CT molecular complexity index is 342. The summed E-state index contributed by atoms with van der Waals surface area (Å²) in [5.74, 6) is -2.07. The van der Waals surface area contributed by atoms with Crippen molar-refractivity contribution >= 4 is 129 Å². The molecule has 0 aromatic heterocycles. The Morgan fingerprint density at radius 3 is 1.09 bits per heavy atom. The minimum absolute atomic E-state index is 0.291. The molecule has 0 saturated carbocycles. The normalized spacial score (nSPS) is 14.5. The summed E-state index contributed by atoms with van der Waals surface area (Å²) >= 11 is 15.2. The molecule has 0 aliphatic heterocycles. The van der Waals surface area contributed by atoms with Crippen LogP contribution in [0.2, 0.25) is 0 Å². The Labute approximate surface area is 182 Å². The maximum atomic E-state index is 11.7. The van der Waals surface area contributed by atoms with Crippen LogP contribution in [0, 0.1) is 0 Å². The molecule has 0 saturated heterocycles. The van der Waals surface area contributed by atoms with Gasteiger partial charge in [-0.25, -0.2) is 0 Å². The minimum atomic E-state index is -3.32. The van der Waals surface area contributed by atoms with Crippen molar-refractivity contribution in [2.24, 2.45) is 0 Å². The summed E-state index contributed by atoms with van der Waals surface area (Å²) in [6, 6.07) is 0.